The number of hydrogen-bond donors (Lipinski definition) is 2. The highest BCUT2D eigenvalue weighted by atomic mass is 32.1. The summed E-state index contributed by atoms with van der Waals surface area (Å²) in [5.74, 6) is 0.138. The molecule has 7 heteroatoms. The second-order valence-corrected chi connectivity index (χ2v) is 9.76. The molecule has 172 valence electrons. The van der Waals surface area contributed by atoms with E-state index in [1.165, 1.54) is 4.88 Å². The van der Waals surface area contributed by atoms with Crippen LogP contribution in [0, 0.1) is 5.92 Å². The minimum absolute atomic E-state index is 0.0829. The molecule has 0 unspecified atom stereocenters. The summed E-state index contributed by atoms with van der Waals surface area (Å²) in [5.41, 5.74) is 2.34. The van der Waals surface area contributed by atoms with E-state index in [0.29, 0.717) is 18.0 Å². The average molecular weight is 456 g/mol. The summed E-state index contributed by atoms with van der Waals surface area (Å²) in [6, 6.07) is 9.75. The summed E-state index contributed by atoms with van der Waals surface area (Å²) < 4.78 is 2.32. The van der Waals surface area contributed by atoms with Crippen LogP contribution >= 0.6 is 11.3 Å². The summed E-state index contributed by atoms with van der Waals surface area (Å²) in [6.07, 6.45) is 3.32. The molecule has 0 aliphatic heterocycles. The number of fused-ring (bicyclic) bond motifs is 1. The van der Waals surface area contributed by atoms with Gasteiger partial charge in [-0.05, 0) is 54.8 Å². The molecule has 1 amide bonds. The fourth-order valence-corrected chi connectivity index (χ4v) is 4.99. The van der Waals surface area contributed by atoms with Crippen molar-refractivity contribution in [1.82, 2.24) is 14.9 Å². The zero-order valence-electron chi connectivity index (χ0n) is 19.3. The minimum Gasteiger partial charge on any atom is -0.481 e. The molecule has 3 aromatic rings. The maximum absolute atomic E-state index is 12.9. The van der Waals surface area contributed by atoms with E-state index in [1.54, 1.807) is 11.3 Å². The van der Waals surface area contributed by atoms with Crippen molar-refractivity contribution in [2.45, 2.75) is 71.9 Å². The van der Waals surface area contributed by atoms with Crippen LogP contribution in [0.15, 0.2) is 35.7 Å². The Hall–Kier alpha value is -2.67. The molecule has 32 heavy (non-hydrogen) atoms. The van der Waals surface area contributed by atoms with Crippen LogP contribution in [-0.4, -0.2) is 32.6 Å². The van der Waals surface area contributed by atoms with Crippen molar-refractivity contribution >= 4 is 34.2 Å². The summed E-state index contributed by atoms with van der Waals surface area (Å²) in [5, 5.41) is 14.2. The summed E-state index contributed by atoms with van der Waals surface area (Å²) in [4.78, 5) is 30.3. The van der Waals surface area contributed by atoms with E-state index >= 15 is 0 Å². The van der Waals surface area contributed by atoms with Crippen molar-refractivity contribution in [3.8, 4) is 0 Å². The lowest BCUT2D eigenvalue weighted by Crippen LogP contribution is -2.37. The summed E-state index contributed by atoms with van der Waals surface area (Å²) in [6.45, 7) is 8.42. The van der Waals surface area contributed by atoms with Crippen molar-refractivity contribution in [3.05, 3.63) is 52.0 Å². The van der Waals surface area contributed by atoms with Crippen LogP contribution in [0.1, 0.15) is 80.5 Å². The molecule has 0 saturated carbocycles. The highest BCUT2D eigenvalue weighted by Crippen LogP contribution is 2.28. The Morgan fingerprint density at radius 1 is 1.19 bits per heavy atom. The van der Waals surface area contributed by atoms with E-state index in [2.05, 4.69) is 41.2 Å². The zero-order chi connectivity index (χ0) is 23.3. The Bertz CT molecular complexity index is 1050. The molecule has 2 aromatic heterocycles. The first-order chi connectivity index (χ1) is 15.3. The number of carbonyl (C=O) groups is 2. The average Bonchev–Trinajstić information content (AvgIpc) is 3.36. The Labute approximate surface area is 193 Å². The van der Waals surface area contributed by atoms with Gasteiger partial charge in [-0.2, -0.15) is 0 Å². The fourth-order valence-electron chi connectivity index (χ4n) is 4.29. The first-order valence-electron chi connectivity index (χ1n) is 11.4. The number of nitrogens with zero attached hydrogens (tertiary/aromatic N) is 2. The summed E-state index contributed by atoms with van der Waals surface area (Å²) in [7, 11) is 0. The Kier molecular flexibility index (Phi) is 8.07. The number of rotatable bonds is 11. The van der Waals surface area contributed by atoms with E-state index in [-0.39, 0.29) is 18.2 Å². The minimum atomic E-state index is -0.909. The van der Waals surface area contributed by atoms with Crippen LogP contribution in [0.4, 0.5) is 0 Å². The van der Waals surface area contributed by atoms with Gasteiger partial charge < -0.3 is 15.0 Å². The number of hydrogen-bond acceptors (Lipinski definition) is 4. The Morgan fingerprint density at radius 2 is 1.94 bits per heavy atom. The van der Waals surface area contributed by atoms with Gasteiger partial charge in [0.25, 0.3) is 5.91 Å². The van der Waals surface area contributed by atoms with Crippen LogP contribution in [-0.2, 0) is 11.2 Å². The number of benzene rings is 1. The third kappa shape index (κ3) is 5.76. The van der Waals surface area contributed by atoms with E-state index in [4.69, 9.17) is 4.98 Å². The van der Waals surface area contributed by atoms with Gasteiger partial charge in [-0.15, -0.1) is 11.3 Å². The van der Waals surface area contributed by atoms with Gasteiger partial charge in [0, 0.05) is 28.9 Å². The molecular formula is C25H33N3O3S. The molecule has 0 radical (unpaired) electrons. The largest absolute Gasteiger partial charge is 0.481 e. The van der Waals surface area contributed by atoms with Crippen molar-refractivity contribution in [2.75, 3.05) is 0 Å². The number of thiophene rings is 1. The predicted octanol–water partition coefficient (Wildman–Crippen LogP) is 5.67. The second-order valence-electron chi connectivity index (χ2n) is 8.73. The number of aromatic nitrogens is 2. The van der Waals surface area contributed by atoms with Crippen molar-refractivity contribution in [2.24, 2.45) is 5.92 Å². The maximum Gasteiger partial charge on any atom is 0.305 e. The number of aliphatic carboxylic acids is 1. The molecular weight excluding hydrogens is 422 g/mol. The summed E-state index contributed by atoms with van der Waals surface area (Å²) >= 11 is 1.72. The standard InChI is InChI=1S/C25H33N3O3S/c1-5-19(6-2)28-22-10-9-17(25(31)26-18(12-16(3)4)14-24(29)30)13-21(22)27-23(28)15-20-8-7-11-32-20/h7-11,13,16,18-19H,5-6,12,14-15H2,1-4H3,(H,26,31)(H,29,30)/t18-/m1/s1. The fraction of sp³-hybridized carbons (Fsp3) is 0.480. The molecule has 1 atom stereocenters. The molecule has 1 aromatic carbocycles. The van der Waals surface area contributed by atoms with E-state index in [9.17, 15) is 14.7 Å². The van der Waals surface area contributed by atoms with Crippen molar-refractivity contribution in [3.63, 3.8) is 0 Å². The Morgan fingerprint density at radius 3 is 2.53 bits per heavy atom. The predicted molar refractivity (Wildman–Crippen MR) is 129 cm³/mol. The van der Waals surface area contributed by atoms with Crippen LogP contribution in [0.5, 0.6) is 0 Å². The van der Waals surface area contributed by atoms with Gasteiger partial charge >= 0.3 is 5.97 Å². The van der Waals surface area contributed by atoms with E-state index in [1.807, 2.05) is 32.0 Å². The van der Waals surface area contributed by atoms with Crippen molar-refractivity contribution < 1.29 is 14.7 Å². The normalized spacial score (nSPS) is 12.6. The number of carbonyl (C=O) groups excluding carboxylic acids is 1. The number of carboxylic acids is 1. The SMILES string of the molecule is CCC(CC)n1c(Cc2cccs2)nc2cc(C(=O)N[C@@H](CC(=O)O)CC(C)C)ccc21. The lowest BCUT2D eigenvalue weighted by molar-refractivity contribution is -0.137. The van der Waals surface area contributed by atoms with Gasteiger partial charge in [0.2, 0.25) is 0 Å². The van der Waals surface area contributed by atoms with Gasteiger partial charge in [-0.25, -0.2) is 4.98 Å². The topological polar surface area (TPSA) is 84.2 Å². The third-order valence-electron chi connectivity index (χ3n) is 5.76. The zero-order valence-corrected chi connectivity index (χ0v) is 20.1. The first kappa shape index (κ1) is 24.0. The van der Waals surface area contributed by atoms with Gasteiger partial charge in [-0.3, -0.25) is 9.59 Å². The molecule has 2 heterocycles. The number of imidazole rings is 1. The molecule has 0 fully saturated rings. The molecule has 0 aliphatic carbocycles. The van der Waals surface area contributed by atoms with Gasteiger partial charge in [0.1, 0.15) is 5.82 Å². The first-order valence-corrected chi connectivity index (χ1v) is 12.3. The molecule has 0 spiro atoms. The molecule has 0 aliphatic rings. The van der Waals surface area contributed by atoms with Crippen molar-refractivity contribution in [1.29, 1.82) is 0 Å². The van der Waals surface area contributed by atoms with Gasteiger partial charge in [-0.1, -0.05) is 33.8 Å². The smallest absolute Gasteiger partial charge is 0.305 e. The highest BCUT2D eigenvalue weighted by molar-refractivity contribution is 7.09. The quantitative estimate of drug-likeness (QED) is 0.390. The maximum atomic E-state index is 12.9. The highest BCUT2D eigenvalue weighted by Gasteiger charge is 2.21. The lowest BCUT2D eigenvalue weighted by atomic mass is 10.0. The molecule has 6 nitrogen and oxygen atoms in total. The second kappa shape index (κ2) is 10.8. The van der Waals surface area contributed by atoms with Gasteiger partial charge in [0.15, 0.2) is 0 Å². The molecule has 0 bridgehead atoms. The van der Waals surface area contributed by atoms with Crippen LogP contribution in [0.25, 0.3) is 11.0 Å². The number of nitrogens with one attached hydrogen (secondary N) is 1. The van der Waals surface area contributed by atoms with E-state index < -0.39 is 12.0 Å². The van der Waals surface area contributed by atoms with Crippen LogP contribution < -0.4 is 5.32 Å². The third-order valence-corrected chi connectivity index (χ3v) is 6.63. The molecule has 0 saturated heterocycles. The molecule has 2 N–H and O–H groups in total. The van der Waals surface area contributed by atoms with Crippen LogP contribution in [0.3, 0.4) is 0 Å². The monoisotopic (exact) mass is 455 g/mol. The van der Waals surface area contributed by atoms with E-state index in [0.717, 1.165) is 36.1 Å². The molecule has 3 rings (SSSR count). The van der Waals surface area contributed by atoms with Gasteiger partial charge in [0.05, 0.1) is 17.5 Å². The number of carboxylic acid groups (broad SMARTS) is 1. The number of amides is 1. The van der Waals surface area contributed by atoms with Crippen LogP contribution in [0.2, 0.25) is 0 Å². The lowest BCUT2D eigenvalue weighted by Gasteiger charge is -2.19. The Balaban J connectivity index is 1.93.